The van der Waals surface area contributed by atoms with Gasteiger partial charge in [0.1, 0.15) is 24.4 Å². The zero-order chi connectivity index (χ0) is 13.3. The Morgan fingerprint density at radius 2 is 1.00 bits per heavy atom. The molecule has 0 aromatic carbocycles. The first-order chi connectivity index (χ1) is 7.27. The van der Waals surface area contributed by atoms with E-state index >= 15 is 0 Å². The number of rotatable bonds is 5. The van der Waals surface area contributed by atoms with Crippen molar-refractivity contribution in [1.82, 2.24) is 0 Å². The van der Waals surface area contributed by atoms with Crippen molar-refractivity contribution in [2.45, 2.75) is 24.4 Å². The number of carbonyl (C=O) groups is 1. The minimum Gasteiger partial charge on any atom is -0.450 e. The average molecular weight is 312 g/mol. The van der Waals surface area contributed by atoms with Gasteiger partial charge >= 0.3 is 53.1 Å². The first-order valence-corrected chi connectivity index (χ1v) is 4.13. The molecule has 0 amide bonds. The largest absolute Gasteiger partial charge is 3.00 e. The summed E-state index contributed by atoms with van der Waals surface area (Å²) in [4.78, 5) is 8.56. The predicted molar refractivity (Wildman–Crippen MR) is 58.2 cm³/mol. The maximum Gasteiger partial charge on any atom is 3.00 e. The Morgan fingerprint density at radius 3 is 1.11 bits per heavy atom. The third-order valence-corrected chi connectivity index (χ3v) is 1.51. The number of aliphatic hydroxyl groups excluding tert-OH is 6. The number of hydrogen-bond donors (Lipinski definition) is 8. The molecule has 0 spiro atoms. The molecule has 0 aromatic heterocycles. The molecule has 0 bridgehead atoms. The zero-order valence-electron chi connectivity index (χ0n) is 10.3. The Labute approximate surface area is 141 Å². The van der Waals surface area contributed by atoms with Crippen molar-refractivity contribution in [1.29, 1.82) is 0 Å². The van der Waals surface area contributed by atoms with E-state index in [-0.39, 0.29) is 52.4 Å². The molecule has 0 aliphatic heterocycles. The molecule has 12 heteroatoms. The zero-order valence-corrected chi connectivity index (χ0v) is 13.4. The molecular weight excluding hydrogens is 294 g/mol. The van der Waals surface area contributed by atoms with Crippen LogP contribution in [0.15, 0.2) is 0 Å². The summed E-state index contributed by atoms with van der Waals surface area (Å²) in [5, 5.41) is 66.1. The number of aliphatic hydroxyl groups is 6. The molecule has 106 valence electrons. The quantitative estimate of drug-likeness (QED) is 0.226. The smallest absolute Gasteiger partial charge is 0.450 e. The summed E-state index contributed by atoms with van der Waals surface area (Å²) in [6, 6.07) is 0. The molecule has 0 aromatic rings. The van der Waals surface area contributed by atoms with Gasteiger partial charge in [0.25, 0.3) is 0 Å². The van der Waals surface area contributed by atoms with Gasteiger partial charge < -0.3 is 46.3 Å². The van der Waals surface area contributed by atoms with E-state index in [1.165, 1.54) is 0 Å². The van der Waals surface area contributed by atoms with Gasteiger partial charge in [0.2, 0.25) is 0 Å². The normalized spacial score (nSPS) is 14.8. The molecule has 0 saturated heterocycles. The van der Waals surface area contributed by atoms with Crippen LogP contribution in [-0.2, 0) is 0 Å². The summed E-state index contributed by atoms with van der Waals surface area (Å²) >= 11 is 0. The van der Waals surface area contributed by atoms with Gasteiger partial charge in [-0.2, -0.15) is 0 Å². The van der Waals surface area contributed by atoms with Crippen LogP contribution < -0.4 is 29.6 Å². The first kappa shape index (κ1) is 31.8. The molecule has 4 atom stereocenters. The van der Waals surface area contributed by atoms with E-state index in [4.69, 9.17) is 45.6 Å². The minimum atomic E-state index is -1.83. The Balaban J connectivity index is -0.0000000827. The average Bonchev–Trinajstić information content (AvgIpc) is 2.24. The second-order valence-electron chi connectivity index (χ2n) is 2.76. The standard InChI is InChI=1S/C6H14O6.CH2O3.Al.Na.H2O/c7-1-3(9)5(11)6(12)4(10)2-8;2-1(3)4;;;/h3-12H,1-2H2;(H2,2,3,4);;;1H2/q;;+3;+1;. The summed E-state index contributed by atoms with van der Waals surface area (Å²) in [6.45, 7) is -1.45. The monoisotopic (exact) mass is 312 g/mol. The molecule has 0 saturated carbocycles. The van der Waals surface area contributed by atoms with Crippen LogP contribution in [0.5, 0.6) is 0 Å². The van der Waals surface area contributed by atoms with Gasteiger partial charge in [-0.3, -0.25) is 0 Å². The fraction of sp³-hybridized carbons (Fsp3) is 0.857. The molecule has 0 aliphatic carbocycles. The van der Waals surface area contributed by atoms with E-state index in [1.807, 2.05) is 0 Å². The third kappa shape index (κ3) is 18.5. The van der Waals surface area contributed by atoms with E-state index in [0.29, 0.717) is 0 Å². The Kier molecular flexibility index (Phi) is 31.0. The van der Waals surface area contributed by atoms with Crippen LogP contribution >= 0.6 is 0 Å². The predicted octanol–water partition coefficient (Wildman–Crippen LogP) is -7.56. The summed E-state index contributed by atoms with van der Waals surface area (Å²) in [5.41, 5.74) is 0. The van der Waals surface area contributed by atoms with Gasteiger partial charge in [0.05, 0.1) is 13.2 Å². The van der Waals surface area contributed by atoms with E-state index in [9.17, 15) is 0 Å². The minimum absolute atomic E-state index is 0. The molecule has 19 heavy (non-hydrogen) atoms. The Morgan fingerprint density at radius 1 is 0.842 bits per heavy atom. The molecule has 0 aliphatic rings. The van der Waals surface area contributed by atoms with Gasteiger partial charge in [-0.15, -0.1) is 0 Å². The van der Waals surface area contributed by atoms with Crippen LogP contribution in [0.1, 0.15) is 0 Å². The second kappa shape index (κ2) is 18.5. The van der Waals surface area contributed by atoms with Gasteiger partial charge in [0.15, 0.2) is 0 Å². The molecule has 10 nitrogen and oxygen atoms in total. The van der Waals surface area contributed by atoms with Gasteiger partial charge in [-0.25, -0.2) is 4.79 Å². The van der Waals surface area contributed by atoms with Gasteiger partial charge in [0, 0.05) is 0 Å². The molecule has 0 radical (unpaired) electrons. The van der Waals surface area contributed by atoms with Crippen LogP contribution in [0.25, 0.3) is 0 Å². The SMILES string of the molecule is O.O=C(O)O.OCC(O)C(O)C(O)C(O)CO.[Al+3].[Na+]. The summed E-state index contributed by atoms with van der Waals surface area (Å²) < 4.78 is 0. The Bertz CT molecular complexity index is 179. The topological polar surface area (TPSA) is 210 Å². The van der Waals surface area contributed by atoms with Crippen molar-refractivity contribution < 1.29 is 80.7 Å². The number of hydrogen-bond acceptors (Lipinski definition) is 7. The maximum absolute atomic E-state index is 8.96. The maximum atomic E-state index is 8.96. The van der Waals surface area contributed by atoms with E-state index < -0.39 is 43.8 Å². The van der Waals surface area contributed by atoms with Crippen LogP contribution in [0.3, 0.4) is 0 Å². The molecule has 0 heterocycles. The summed E-state index contributed by atoms with van der Waals surface area (Å²) in [5.74, 6) is 0. The number of carboxylic acid groups (broad SMARTS) is 2. The van der Waals surface area contributed by atoms with E-state index in [1.54, 1.807) is 0 Å². The van der Waals surface area contributed by atoms with Crippen molar-refractivity contribution in [2.24, 2.45) is 0 Å². The third-order valence-electron chi connectivity index (χ3n) is 1.51. The van der Waals surface area contributed by atoms with E-state index in [0.717, 1.165) is 0 Å². The van der Waals surface area contributed by atoms with E-state index in [2.05, 4.69) is 0 Å². The van der Waals surface area contributed by atoms with Gasteiger partial charge in [-0.05, 0) is 0 Å². The molecule has 0 rings (SSSR count). The Hall–Kier alpha value is 0.522. The molecular formula is C7H18AlNaO10+4. The van der Waals surface area contributed by atoms with Crippen molar-refractivity contribution in [2.75, 3.05) is 13.2 Å². The van der Waals surface area contributed by atoms with Crippen molar-refractivity contribution in [3.8, 4) is 0 Å². The van der Waals surface area contributed by atoms with Crippen molar-refractivity contribution in [3.63, 3.8) is 0 Å². The van der Waals surface area contributed by atoms with Crippen LogP contribution in [0.4, 0.5) is 4.79 Å². The van der Waals surface area contributed by atoms with Crippen molar-refractivity contribution in [3.05, 3.63) is 0 Å². The molecule has 0 fully saturated rings. The van der Waals surface area contributed by atoms with Gasteiger partial charge in [-0.1, -0.05) is 0 Å². The fourth-order valence-electron chi connectivity index (χ4n) is 0.671. The molecule has 10 N–H and O–H groups in total. The summed E-state index contributed by atoms with van der Waals surface area (Å²) in [7, 11) is 0. The van der Waals surface area contributed by atoms with Crippen molar-refractivity contribution >= 4 is 23.5 Å². The molecule has 4 unspecified atom stereocenters. The second-order valence-corrected chi connectivity index (χ2v) is 2.76. The summed E-state index contributed by atoms with van der Waals surface area (Å²) in [6.07, 6.45) is -8.23. The fourth-order valence-corrected chi connectivity index (χ4v) is 0.671. The first-order valence-electron chi connectivity index (χ1n) is 4.13. The van der Waals surface area contributed by atoms with Crippen LogP contribution in [0, 0.1) is 0 Å². The van der Waals surface area contributed by atoms with Crippen LogP contribution in [0.2, 0.25) is 0 Å². The van der Waals surface area contributed by atoms with Crippen LogP contribution in [-0.4, -0.2) is 107 Å².